The van der Waals surface area contributed by atoms with E-state index >= 15 is 0 Å². The summed E-state index contributed by atoms with van der Waals surface area (Å²) in [6, 6.07) is 0. The third kappa shape index (κ3) is 2.58. The lowest BCUT2D eigenvalue weighted by Crippen LogP contribution is -2.33. The van der Waals surface area contributed by atoms with Crippen LogP contribution in [0, 0.1) is 23.3 Å². The number of hydrogen-bond donors (Lipinski definition) is 0. The van der Waals surface area contributed by atoms with Gasteiger partial charge in [-0.25, -0.2) is 22.4 Å². The van der Waals surface area contributed by atoms with Gasteiger partial charge in [-0.05, 0) is 6.92 Å². The van der Waals surface area contributed by atoms with Crippen LogP contribution in [-0.4, -0.2) is 35.8 Å². The van der Waals surface area contributed by atoms with Crippen LogP contribution >= 0.6 is 0 Å². The first kappa shape index (κ1) is 16.7. The maximum absolute atomic E-state index is 13.6. The molecule has 23 heavy (non-hydrogen) atoms. The van der Waals surface area contributed by atoms with Crippen LogP contribution in [0.5, 0.6) is 0 Å². The Hall–Kier alpha value is -2.71. The molecule has 0 saturated heterocycles. The van der Waals surface area contributed by atoms with Gasteiger partial charge in [-0.15, -0.1) is 0 Å². The summed E-state index contributed by atoms with van der Waals surface area (Å²) in [7, 11) is 0. The number of esters is 1. The van der Waals surface area contributed by atoms with Crippen molar-refractivity contribution in [1.82, 2.24) is 4.90 Å². The SMILES string of the molecule is C=C(C)C(=O)OCCN1C(=O)c2c(F)c(F)c(F)c(F)c2C1=O. The predicted octanol–water partition coefficient (Wildman–Crippen LogP) is 1.96. The Kier molecular flexibility index (Phi) is 4.22. The molecule has 0 unspecified atom stereocenters. The molecule has 9 heteroatoms. The van der Waals surface area contributed by atoms with Crippen LogP contribution in [0.25, 0.3) is 0 Å². The van der Waals surface area contributed by atoms with Crippen molar-refractivity contribution in [3.8, 4) is 0 Å². The molecule has 0 spiro atoms. The number of amides is 2. The number of halogens is 4. The number of carbonyl (C=O) groups is 3. The molecule has 2 amide bonds. The average molecular weight is 331 g/mol. The van der Waals surface area contributed by atoms with E-state index in [2.05, 4.69) is 11.3 Å². The Morgan fingerprint density at radius 2 is 1.43 bits per heavy atom. The zero-order valence-electron chi connectivity index (χ0n) is 11.7. The number of fused-ring (bicyclic) bond motifs is 1. The van der Waals surface area contributed by atoms with Gasteiger partial charge in [-0.3, -0.25) is 14.5 Å². The Morgan fingerprint density at radius 3 is 1.83 bits per heavy atom. The van der Waals surface area contributed by atoms with Crippen molar-refractivity contribution in [2.75, 3.05) is 13.2 Å². The zero-order chi connectivity index (χ0) is 17.5. The van der Waals surface area contributed by atoms with Gasteiger partial charge in [0.25, 0.3) is 11.8 Å². The van der Waals surface area contributed by atoms with Crippen molar-refractivity contribution in [3.05, 3.63) is 46.5 Å². The normalized spacial score (nSPS) is 13.3. The fraction of sp³-hybridized carbons (Fsp3) is 0.214. The third-order valence-electron chi connectivity index (χ3n) is 3.08. The molecule has 1 aliphatic rings. The molecule has 0 atom stereocenters. The summed E-state index contributed by atoms with van der Waals surface area (Å²) in [4.78, 5) is 35.3. The molecule has 0 aliphatic carbocycles. The molecular weight excluding hydrogens is 322 g/mol. The second-order valence-corrected chi connectivity index (χ2v) is 4.68. The van der Waals surface area contributed by atoms with Crippen molar-refractivity contribution < 1.29 is 36.7 Å². The van der Waals surface area contributed by atoms with Gasteiger partial charge in [0, 0.05) is 5.57 Å². The lowest BCUT2D eigenvalue weighted by molar-refractivity contribution is -0.139. The van der Waals surface area contributed by atoms with Crippen molar-refractivity contribution in [2.24, 2.45) is 0 Å². The summed E-state index contributed by atoms with van der Waals surface area (Å²) in [5, 5.41) is 0. The second kappa shape index (κ2) is 5.82. The van der Waals surface area contributed by atoms with E-state index in [1.807, 2.05) is 0 Å². The molecule has 0 saturated carbocycles. The Labute approximate surface area is 127 Å². The Morgan fingerprint density at radius 1 is 1.00 bits per heavy atom. The van der Waals surface area contributed by atoms with E-state index in [1.54, 1.807) is 0 Å². The third-order valence-corrected chi connectivity index (χ3v) is 3.08. The van der Waals surface area contributed by atoms with E-state index in [1.165, 1.54) is 6.92 Å². The molecule has 5 nitrogen and oxygen atoms in total. The molecule has 0 fully saturated rings. The molecule has 1 aromatic rings. The number of hydrogen-bond acceptors (Lipinski definition) is 4. The van der Waals surface area contributed by atoms with E-state index in [9.17, 15) is 31.9 Å². The van der Waals surface area contributed by atoms with Crippen LogP contribution in [0.3, 0.4) is 0 Å². The minimum Gasteiger partial charge on any atom is -0.460 e. The van der Waals surface area contributed by atoms with Crippen molar-refractivity contribution in [3.63, 3.8) is 0 Å². The Bertz CT molecular complexity index is 713. The van der Waals surface area contributed by atoms with Crippen LogP contribution in [-0.2, 0) is 9.53 Å². The topological polar surface area (TPSA) is 63.7 Å². The van der Waals surface area contributed by atoms with Gasteiger partial charge in [-0.1, -0.05) is 6.58 Å². The lowest BCUT2D eigenvalue weighted by atomic mass is 10.1. The number of nitrogens with zero attached hydrogens (tertiary/aromatic N) is 1. The number of carbonyl (C=O) groups excluding carboxylic acids is 3. The molecule has 0 bridgehead atoms. The number of benzene rings is 1. The summed E-state index contributed by atoms with van der Waals surface area (Å²) < 4.78 is 58.2. The van der Waals surface area contributed by atoms with Gasteiger partial charge in [0.05, 0.1) is 17.7 Å². The van der Waals surface area contributed by atoms with Gasteiger partial charge in [0.2, 0.25) is 0 Å². The number of rotatable bonds is 4. The predicted molar refractivity (Wildman–Crippen MR) is 67.4 cm³/mol. The van der Waals surface area contributed by atoms with Gasteiger partial charge in [-0.2, -0.15) is 0 Å². The van der Waals surface area contributed by atoms with Crippen molar-refractivity contribution >= 4 is 17.8 Å². The minimum absolute atomic E-state index is 0.0635. The minimum atomic E-state index is -2.18. The van der Waals surface area contributed by atoms with Crippen LogP contribution < -0.4 is 0 Å². The summed E-state index contributed by atoms with van der Waals surface area (Å²) in [5.74, 6) is -11.7. The highest BCUT2D eigenvalue weighted by Crippen LogP contribution is 2.31. The van der Waals surface area contributed by atoms with Crippen molar-refractivity contribution in [2.45, 2.75) is 6.92 Å². The highest BCUT2D eigenvalue weighted by Gasteiger charge is 2.43. The fourth-order valence-corrected chi connectivity index (χ4v) is 1.95. The van der Waals surface area contributed by atoms with Crippen LogP contribution in [0.2, 0.25) is 0 Å². The summed E-state index contributed by atoms with van der Waals surface area (Å²) in [6.45, 7) is 3.67. The molecule has 2 rings (SSSR count). The quantitative estimate of drug-likeness (QED) is 0.211. The monoisotopic (exact) mass is 331 g/mol. The smallest absolute Gasteiger partial charge is 0.333 e. The number of imide groups is 1. The highest BCUT2D eigenvalue weighted by molar-refractivity contribution is 6.21. The van der Waals surface area contributed by atoms with E-state index in [0.29, 0.717) is 4.90 Å². The van der Waals surface area contributed by atoms with Gasteiger partial charge in [0.15, 0.2) is 23.3 Å². The fourth-order valence-electron chi connectivity index (χ4n) is 1.95. The van der Waals surface area contributed by atoms with Gasteiger partial charge < -0.3 is 4.74 Å². The molecule has 122 valence electrons. The average Bonchev–Trinajstić information content (AvgIpc) is 2.75. The van der Waals surface area contributed by atoms with E-state index < -0.39 is 65.3 Å². The van der Waals surface area contributed by atoms with E-state index in [4.69, 9.17) is 0 Å². The molecule has 1 heterocycles. The van der Waals surface area contributed by atoms with Gasteiger partial charge in [0.1, 0.15) is 6.61 Å². The van der Waals surface area contributed by atoms with Gasteiger partial charge >= 0.3 is 5.97 Å². The molecule has 0 radical (unpaired) electrons. The maximum Gasteiger partial charge on any atom is 0.333 e. The van der Waals surface area contributed by atoms with Crippen LogP contribution in [0.4, 0.5) is 17.6 Å². The first-order valence-corrected chi connectivity index (χ1v) is 6.23. The highest BCUT2D eigenvalue weighted by atomic mass is 19.2. The first-order valence-electron chi connectivity index (χ1n) is 6.23. The van der Waals surface area contributed by atoms with Crippen LogP contribution in [0.1, 0.15) is 27.6 Å². The van der Waals surface area contributed by atoms with E-state index in [0.717, 1.165) is 0 Å². The molecule has 0 N–H and O–H groups in total. The zero-order valence-corrected chi connectivity index (χ0v) is 11.7. The van der Waals surface area contributed by atoms with Crippen molar-refractivity contribution in [1.29, 1.82) is 0 Å². The molecule has 1 aromatic carbocycles. The van der Waals surface area contributed by atoms with Crippen LogP contribution in [0.15, 0.2) is 12.2 Å². The molecular formula is C14H9F4NO4. The second-order valence-electron chi connectivity index (χ2n) is 4.68. The summed E-state index contributed by atoms with van der Waals surface area (Å²) in [5.41, 5.74) is -2.30. The lowest BCUT2D eigenvalue weighted by Gasteiger charge is -2.13. The molecule has 0 aromatic heterocycles. The standard InChI is InChI=1S/C14H9F4NO4/c1-5(2)14(22)23-4-3-19-12(20)6-7(13(19)21)9(16)11(18)10(17)8(6)15/h1,3-4H2,2H3. The first-order chi connectivity index (χ1) is 10.7. The maximum atomic E-state index is 13.6. The number of ether oxygens (including phenoxy) is 1. The largest absolute Gasteiger partial charge is 0.460 e. The summed E-state index contributed by atoms with van der Waals surface area (Å²) >= 11 is 0. The Balaban J connectivity index is 2.28. The van der Waals surface area contributed by atoms with E-state index in [-0.39, 0.29) is 5.57 Å². The molecule has 1 aliphatic heterocycles. The summed E-state index contributed by atoms with van der Waals surface area (Å²) in [6.07, 6.45) is 0.